The Morgan fingerprint density at radius 1 is 1.22 bits per heavy atom. The predicted octanol–water partition coefficient (Wildman–Crippen LogP) is 3.81. The van der Waals surface area contributed by atoms with Crippen LogP contribution in [0.5, 0.6) is 0 Å². The monoisotopic (exact) mass is 371 g/mol. The highest BCUT2D eigenvalue weighted by Gasteiger charge is 2.26. The van der Waals surface area contributed by atoms with E-state index in [4.69, 9.17) is 0 Å². The van der Waals surface area contributed by atoms with Gasteiger partial charge in [0.05, 0.1) is 5.39 Å². The molecule has 3 heterocycles. The molecule has 1 aliphatic rings. The van der Waals surface area contributed by atoms with E-state index in [-0.39, 0.29) is 0 Å². The normalized spacial score (nSPS) is 20.9. The quantitative estimate of drug-likeness (QED) is 0.716. The molecule has 1 aromatic carbocycles. The summed E-state index contributed by atoms with van der Waals surface area (Å²) < 4.78 is 26.6. The fraction of sp³-hybridized carbons (Fsp3) is 0.400. The van der Waals surface area contributed by atoms with E-state index < -0.39 is 11.6 Å². The molecule has 4 rings (SSSR count). The summed E-state index contributed by atoms with van der Waals surface area (Å²) in [5, 5.41) is 4.45. The number of halogens is 2. The first kappa shape index (κ1) is 17.9. The molecule has 1 aliphatic heterocycles. The van der Waals surface area contributed by atoms with Crippen LogP contribution in [-0.2, 0) is 6.54 Å². The maximum absolute atomic E-state index is 13.5. The van der Waals surface area contributed by atoms with Gasteiger partial charge in [-0.1, -0.05) is 13.0 Å². The van der Waals surface area contributed by atoms with Crippen molar-refractivity contribution in [3.63, 3.8) is 0 Å². The van der Waals surface area contributed by atoms with E-state index >= 15 is 0 Å². The van der Waals surface area contributed by atoms with E-state index in [0.717, 1.165) is 48.5 Å². The lowest BCUT2D eigenvalue weighted by atomic mass is 9.86. The average molecular weight is 371 g/mol. The number of rotatable bonds is 5. The number of piperidine rings is 1. The minimum absolute atomic E-state index is 0.452. The molecule has 142 valence electrons. The van der Waals surface area contributed by atoms with Crippen LogP contribution in [0.3, 0.4) is 0 Å². The number of H-pyrrole nitrogens is 1. The molecule has 5 nitrogen and oxygen atoms in total. The highest BCUT2D eigenvalue weighted by Crippen LogP contribution is 2.26. The lowest BCUT2D eigenvalue weighted by molar-refractivity contribution is 0.128. The molecule has 2 aromatic heterocycles. The zero-order chi connectivity index (χ0) is 18.8. The number of hydrogen-bond donors (Lipinski definition) is 2. The van der Waals surface area contributed by atoms with Crippen LogP contribution < -0.4 is 5.32 Å². The number of aromatic nitrogens is 3. The summed E-state index contributed by atoms with van der Waals surface area (Å²) in [6.07, 6.45) is 4.50. The molecule has 2 N–H and O–H groups in total. The van der Waals surface area contributed by atoms with Crippen molar-refractivity contribution in [3.05, 3.63) is 54.0 Å². The lowest BCUT2D eigenvalue weighted by Crippen LogP contribution is -2.42. The van der Waals surface area contributed by atoms with Gasteiger partial charge in [0.25, 0.3) is 0 Å². The maximum Gasteiger partial charge on any atom is 0.159 e. The first-order valence-electron chi connectivity index (χ1n) is 9.28. The van der Waals surface area contributed by atoms with Crippen molar-refractivity contribution in [2.45, 2.75) is 19.9 Å². The summed E-state index contributed by atoms with van der Waals surface area (Å²) in [5.41, 5.74) is 1.63. The molecule has 7 heteroatoms. The van der Waals surface area contributed by atoms with Crippen LogP contribution >= 0.6 is 0 Å². The Labute approximate surface area is 156 Å². The van der Waals surface area contributed by atoms with Crippen molar-refractivity contribution in [2.75, 3.05) is 25.0 Å². The maximum atomic E-state index is 13.5. The molecule has 1 saturated heterocycles. The van der Waals surface area contributed by atoms with Crippen molar-refractivity contribution in [1.82, 2.24) is 19.9 Å². The summed E-state index contributed by atoms with van der Waals surface area (Å²) in [6.45, 7) is 5.59. The smallest absolute Gasteiger partial charge is 0.159 e. The number of nitrogens with zero attached hydrogens (tertiary/aromatic N) is 3. The highest BCUT2D eigenvalue weighted by atomic mass is 19.2. The first-order valence-corrected chi connectivity index (χ1v) is 9.28. The summed E-state index contributed by atoms with van der Waals surface area (Å²) in [5.74, 6) is 0.297. The Morgan fingerprint density at radius 2 is 2.11 bits per heavy atom. The van der Waals surface area contributed by atoms with Gasteiger partial charge in [0.2, 0.25) is 0 Å². The van der Waals surface area contributed by atoms with Crippen molar-refractivity contribution >= 4 is 16.9 Å². The fourth-order valence-electron chi connectivity index (χ4n) is 3.77. The average Bonchev–Trinajstić information content (AvgIpc) is 3.14. The molecule has 0 amide bonds. The van der Waals surface area contributed by atoms with Crippen molar-refractivity contribution < 1.29 is 8.78 Å². The summed E-state index contributed by atoms with van der Waals surface area (Å²) in [7, 11) is 0. The van der Waals surface area contributed by atoms with E-state index in [2.05, 4.69) is 32.1 Å². The van der Waals surface area contributed by atoms with Crippen LogP contribution in [0.25, 0.3) is 11.0 Å². The van der Waals surface area contributed by atoms with Crippen LogP contribution in [-0.4, -0.2) is 39.5 Å². The van der Waals surface area contributed by atoms with Gasteiger partial charge in [-0.05, 0) is 48.6 Å². The minimum Gasteiger partial charge on any atom is -0.369 e. The van der Waals surface area contributed by atoms with Gasteiger partial charge in [0.1, 0.15) is 17.8 Å². The zero-order valence-electron chi connectivity index (χ0n) is 15.3. The largest absolute Gasteiger partial charge is 0.369 e. The number of anilines is 1. The van der Waals surface area contributed by atoms with E-state index in [1.807, 2.05) is 12.3 Å². The van der Waals surface area contributed by atoms with Crippen LogP contribution in [0, 0.1) is 23.5 Å². The number of hydrogen-bond acceptors (Lipinski definition) is 4. The van der Waals surface area contributed by atoms with Crippen molar-refractivity contribution in [1.29, 1.82) is 0 Å². The van der Waals surface area contributed by atoms with Crippen LogP contribution in [0.1, 0.15) is 18.9 Å². The third-order valence-corrected chi connectivity index (χ3v) is 5.47. The van der Waals surface area contributed by atoms with E-state index in [9.17, 15) is 8.78 Å². The summed E-state index contributed by atoms with van der Waals surface area (Å²) >= 11 is 0. The molecule has 0 aliphatic carbocycles. The molecule has 27 heavy (non-hydrogen) atoms. The van der Waals surface area contributed by atoms with E-state index in [0.29, 0.717) is 18.4 Å². The Bertz CT molecular complexity index is 926. The molecule has 0 spiro atoms. The minimum atomic E-state index is -0.797. The second kappa shape index (κ2) is 7.60. The van der Waals surface area contributed by atoms with Gasteiger partial charge in [-0.2, -0.15) is 0 Å². The number of aromatic amines is 1. The Balaban J connectivity index is 1.40. The molecule has 0 radical (unpaired) electrons. The second-order valence-corrected chi connectivity index (χ2v) is 7.35. The molecular weight excluding hydrogens is 348 g/mol. The summed E-state index contributed by atoms with van der Waals surface area (Å²) in [6, 6.07) is 6.13. The Hall–Kier alpha value is -2.54. The second-order valence-electron chi connectivity index (χ2n) is 7.35. The molecule has 0 bridgehead atoms. The fourth-order valence-corrected chi connectivity index (χ4v) is 3.77. The molecule has 2 atom stereocenters. The molecular formula is C20H23F2N5. The van der Waals surface area contributed by atoms with Gasteiger partial charge in [0, 0.05) is 25.8 Å². The van der Waals surface area contributed by atoms with Crippen LogP contribution in [0.4, 0.5) is 14.6 Å². The number of benzene rings is 1. The molecule has 2 unspecified atom stereocenters. The highest BCUT2D eigenvalue weighted by molar-refractivity contribution is 5.86. The third-order valence-electron chi connectivity index (χ3n) is 5.47. The molecule has 1 fully saturated rings. The lowest BCUT2D eigenvalue weighted by Gasteiger charge is -2.37. The van der Waals surface area contributed by atoms with E-state index in [1.165, 1.54) is 12.1 Å². The SMILES string of the molecule is CC1CCN(Cc2ccc(F)c(F)c2)CC1CNc1ncnc2[nH]ccc12. The van der Waals surface area contributed by atoms with Crippen molar-refractivity contribution in [2.24, 2.45) is 11.8 Å². The standard InChI is InChI=1S/C20H23F2N5/c1-13-5-7-27(10-14-2-3-17(21)18(22)8-14)11-15(13)9-24-20-16-4-6-23-19(16)25-12-26-20/h2-4,6,8,12-13,15H,5,7,9-11H2,1H3,(H2,23,24,25,26). The van der Waals surface area contributed by atoms with Crippen molar-refractivity contribution in [3.8, 4) is 0 Å². The Kier molecular flexibility index (Phi) is 5.03. The number of fused-ring (bicyclic) bond motifs is 1. The molecule has 0 saturated carbocycles. The predicted molar refractivity (Wildman–Crippen MR) is 101 cm³/mol. The van der Waals surface area contributed by atoms with Gasteiger partial charge in [-0.3, -0.25) is 4.90 Å². The van der Waals surface area contributed by atoms with Crippen LogP contribution in [0.2, 0.25) is 0 Å². The van der Waals surface area contributed by atoms with Gasteiger partial charge in [-0.25, -0.2) is 18.7 Å². The van der Waals surface area contributed by atoms with Gasteiger partial charge in [-0.15, -0.1) is 0 Å². The van der Waals surface area contributed by atoms with Crippen LogP contribution in [0.15, 0.2) is 36.8 Å². The Morgan fingerprint density at radius 3 is 2.96 bits per heavy atom. The number of nitrogens with one attached hydrogen (secondary N) is 2. The van der Waals surface area contributed by atoms with Gasteiger partial charge < -0.3 is 10.3 Å². The van der Waals surface area contributed by atoms with E-state index in [1.54, 1.807) is 12.4 Å². The zero-order valence-corrected chi connectivity index (χ0v) is 15.3. The van der Waals surface area contributed by atoms with Gasteiger partial charge >= 0.3 is 0 Å². The first-order chi connectivity index (χ1) is 13.1. The molecule has 3 aromatic rings. The number of likely N-dealkylation sites (tertiary alicyclic amines) is 1. The third kappa shape index (κ3) is 3.93. The topological polar surface area (TPSA) is 56.8 Å². The summed E-state index contributed by atoms with van der Waals surface area (Å²) in [4.78, 5) is 14.0. The van der Waals surface area contributed by atoms with Gasteiger partial charge in [0.15, 0.2) is 11.6 Å².